The van der Waals surface area contributed by atoms with E-state index in [1.165, 1.54) is 5.56 Å². The molecule has 5 rings (SSSR count). The van der Waals surface area contributed by atoms with Crippen molar-refractivity contribution in [1.29, 1.82) is 0 Å². The van der Waals surface area contributed by atoms with Gasteiger partial charge in [-0.05, 0) is 56.0 Å². The highest BCUT2D eigenvalue weighted by molar-refractivity contribution is 6.01. The minimum Gasteiger partial charge on any atom is -0.289 e. The number of rotatable bonds is 5. The van der Waals surface area contributed by atoms with Crippen molar-refractivity contribution < 1.29 is 4.79 Å². The van der Waals surface area contributed by atoms with Gasteiger partial charge in [-0.2, -0.15) is 5.10 Å². The Kier molecular flexibility index (Phi) is 5.52. The van der Waals surface area contributed by atoms with Crippen LogP contribution in [0.15, 0.2) is 60.8 Å². The summed E-state index contributed by atoms with van der Waals surface area (Å²) in [6, 6.07) is 18.4. The highest BCUT2D eigenvalue weighted by atomic mass is 16.2. The summed E-state index contributed by atoms with van der Waals surface area (Å²) >= 11 is 0. The van der Waals surface area contributed by atoms with Gasteiger partial charge in [0.1, 0.15) is 5.82 Å². The van der Waals surface area contributed by atoms with Gasteiger partial charge in [0.05, 0.1) is 23.8 Å². The quantitative estimate of drug-likeness (QED) is 0.389. The summed E-state index contributed by atoms with van der Waals surface area (Å²) < 4.78 is 1.94. The molecule has 0 aliphatic carbocycles. The molecule has 0 unspecified atom stereocenters. The molecule has 6 nitrogen and oxygen atoms in total. The lowest BCUT2D eigenvalue weighted by atomic mass is 9.97. The standard InChI is InChI=1S/C28H29N5O/c1-17(2)24-8-6-7-9-25(24)27-29-16-22-15-26(34)32(28(22)30-27)20(5)21-10-12-23(13-11-21)33-19(4)14-18(3)31-33/h6-14,16-17,20H,15H2,1-5H3/t20-/m0/s1. The zero-order valence-electron chi connectivity index (χ0n) is 20.3. The average molecular weight is 452 g/mol. The predicted molar refractivity (Wildman–Crippen MR) is 134 cm³/mol. The van der Waals surface area contributed by atoms with Crippen molar-refractivity contribution in [2.24, 2.45) is 0 Å². The predicted octanol–water partition coefficient (Wildman–Crippen LogP) is 5.72. The lowest BCUT2D eigenvalue weighted by Crippen LogP contribution is -2.30. The third-order valence-electron chi connectivity index (χ3n) is 6.52. The lowest BCUT2D eigenvalue weighted by molar-refractivity contribution is -0.117. The van der Waals surface area contributed by atoms with Gasteiger partial charge >= 0.3 is 0 Å². The number of hydrogen-bond acceptors (Lipinski definition) is 4. The number of carbonyl (C=O) groups is 1. The summed E-state index contributed by atoms with van der Waals surface area (Å²) in [4.78, 5) is 24.4. The van der Waals surface area contributed by atoms with E-state index in [4.69, 9.17) is 4.98 Å². The monoisotopic (exact) mass is 451 g/mol. The Labute approximate surface area is 200 Å². The molecule has 1 aliphatic heterocycles. The van der Waals surface area contributed by atoms with Crippen LogP contribution in [-0.4, -0.2) is 25.7 Å². The molecule has 0 spiro atoms. The summed E-state index contributed by atoms with van der Waals surface area (Å²) in [6.45, 7) is 10.4. The molecule has 6 heteroatoms. The first-order chi connectivity index (χ1) is 16.3. The van der Waals surface area contributed by atoms with Gasteiger partial charge in [0.25, 0.3) is 0 Å². The Balaban J connectivity index is 1.49. The average Bonchev–Trinajstić information content (AvgIpc) is 3.35. The van der Waals surface area contributed by atoms with Crippen LogP contribution in [0, 0.1) is 13.8 Å². The number of hydrogen-bond donors (Lipinski definition) is 0. The molecular weight excluding hydrogens is 422 g/mol. The molecule has 1 atom stereocenters. The van der Waals surface area contributed by atoms with E-state index < -0.39 is 0 Å². The minimum absolute atomic E-state index is 0.0497. The molecule has 0 saturated carbocycles. The lowest BCUT2D eigenvalue weighted by Gasteiger charge is -2.25. The van der Waals surface area contributed by atoms with Gasteiger partial charge < -0.3 is 0 Å². The number of carbonyl (C=O) groups excluding carboxylic acids is 1. The molecular formula is C28H29N5O. The van der Waals surface area contributed by atoms with Gasteiger partial charge in [-0.1, -0.05) is 50.2 Å². The van der Waals surface area contributed by atoms with E-state index in [1.54, 1.807) is 0 Å². The molecule has 2 aromatic carbocycles. The van der Waals surface area contributed by atoms with Crippen LogP contribution in [0.4, 0.5) is 5.82 Å². The number of nitrogens with zero attached hydrogens (tertiary/aromatic N) is 5. The molecule has 3 heterocycles. The van der Waals surface area contributed by atoms with Crippen molar-refractivity contribution in [1.82, 2.24) is 19.7 Å². The highest BCUT2D eigenvalue weighted by Gasteiger charge is 2.34. The van der Waals surface area contributed by atoms with Gasteiger partial charge in [-0.25, -0.2) is 14.6 Å². The number of amides is 1. The van der Waals surface area contributed by atoms with Crippen LogP contribution in [-0.2, 0) is 11.2 Å². The number of anilines is 1. The third kappa shape index (κ3) is 3.79. The second-order valence-electron chi connectivity index (χ2n) is 9.33. The maximum atomic E-state index is 13.0. The number of aromatic nitrogens is 4. The topological polar surface area (TPSA) is 63.9 Å². The molecule has 1 aliphatic rings. The zero-order chi connectivity index (χ0) is 24.0. The second kappa shape index (κ2) is 8.52. The summed E-state index contributed by atoms with van der Waals surface area (Å²) in [7, 11) is 0. The van der Waals surface area contributed by atoms with Crippen LogP contribution in [0.1, 0.15) is 60.8 Å². The summed E-state index contributed by atoms with van der Waals surface area (Å²) in [5.41, 5.74) is 7.23. The Morgan fingerprint density at radius 1 is 0.971 bits per heavy atom. The van der Waals surface area contributed by atoms with Crippen LogP contribution in [0.3, 0.4) is 0 Å². The molecule has 1 amide bonds. The van der Waals surface area contributed by atoms with Crippen molar-refractivity contribution >= 4 is 11.7 Å². The molecule has 0 saturated heterocycles. The van der Waals surface area contributed by atoms with Crippen LogP contribution < -0.4 is 4.90 Å². The number of fused-ring (bicyclic) bond motifs is 1. The maximum Gasteiger partial charge on any atom is 0.233 e. The minimum atomic E-state index is -0.147. The largest absolute Gasteiger partial charge is 0.289 e. The molecule has 0 bridgehead atoms. The van der Waals surface area contributed by atoms with Gasteiger partial charge in [-0.15, -0.1) is 0 Å². The summed E-state index contributed by atoms with van der Waals surface area (Å²) in [5, 5.41) is 4.57. The first-order valence-electron chi connectivity index (χ1n) is 11.7. The van der Waals surface area contributed by atoms with Crippen LogP contribution >= 0.6 is 0 Å². The van der Waals surface area contributed by atoms with Crippen molar-refractivity contribution in [2.75, 3.05) is 4.90 Å². The number of aryl methyl sites for hydroxylation is 2. The smallest absolute Gasteiger partial charge is 0.233 e. The van der Waals surface area contributed by atoms with Gasteiger partial charge in [0.2, 0.25) is 5.91 Å². The number of benzene rings is 2. The molecule has 34 heavy (non-hydrogen) atoms. The Bertz CT molecular complexity index is 1370. The normalized spacial score (nSPS) is 14.1. The Morgan fingerprint density at radius 3 is 2.38 bits per heavy atom. The molecule has 0 fully saturated rings. The van der Waals surface area contributed by atoms with E-state index in [-0.39, 0.29) is 11.9 Å². The van der Waals surface area contributed by atoms with Crippen LogP contribution in [0.25, 0.3) is 17.1 Å². The van der Waals surface area contributed by atoms with Gasteiger partial charge in [0, 0.05) is 23.0 Å². The first-order valence-corrected chi connectivity index (χ1v) is 11.7. The summed E-state index contributed by atoms with van der Waals surface area (Å²) in [6.07, 6.45) is 2.14. The second-order valence-corrected chi connectivity index (χ2v) is 9.33. The van der Waals surface area contributed by atoms with Crippen molar-refractivity contribution in [3.05, 3.63) is 88.9 Å². The SMILES string of the molecule is Cc1cc(C)n(-c2ccc([C@H](C)N3C(=O)Cc4cnc(-c5ccccc5C(C)C)nc43)cc2)n1. The van der Waals surface area contributed by atoms with E-state index in [1.807, 2.05) is 41.8 Å². The summed E-state index contributed by atoms with van der Waals surface area (Å²) in [5.74, 6) is 1.78. The third-order valence-corrected chi connectivity index (χ3v) is 6.52. The highest BCUT2D eigenvalue weighted by Crippen LogP contribution is 2.36. The van der Waals surface area contributed by atoms with E-state index in [0.29, 0.717) is 24.0 Å². The molecule has 0 N–H and O–H groups in total. The van der Waals surface area contributed by atoms with Crippen LogP contribution in [0.2, 0.25) is 0 Å². The fourth-order valence-electron chi connectivity index (χ4n) is 4.76. The van der Waals surface area contributed by atoms with Crippen LogP contribution in [0.5, 0.6) is 0 Å². The van der Waals surface area contributed by atoms with Crippen molar-refractivity contribution in [2.45, 2.75) is 53.0 Å². The Morgan fingerprint density at radius 2 is 1.71 bits per heavy atom. The molecule has 0 radical (unpaired) electrons. The van der Waals surface area contributed by atoms with Gasteiger partial charge in [-0.3, -0.25) is 9.69 Å². The van der Waals surface area contributed by atoms with Crippen molar-refractivity contribution in [3.63, 3.8) is 0 Å². The fourth-order valence-corrected chi connectivity index (χ4v) is 4.76. The molecule has 172 valence electrons. The Hall–Kier alpha value is -3.80. The first kappa shape index (κ1) is 22.0. The van der Waals surface area contributed by atoms with Gasteiger partial charge in [0.15, 0.2) is 5.82 Å². The van der Waals surface area contributed by atoms with E-state index in [9.17, 15) is 4.79 Å². The van der Waals surface area contributed by atoms with E-state index >= 15 is 0 Å². The molecule has 2 aromatic heterocycles. The fraction of sp³-hybridized carbons (Fsp3) is 0.286. The van der Waals surface area contributed by atoms with Crippen molar-refractivity contribution in [3.8, 4) is 17.1 Å². The van der Waals surface area contributed by atoms with E-state index in [2.05, 4.69) is 73.3 Å². The maximum absolute atomic E-state index is 13.0. The zero-order valence-corrected chi connectivity index (χ0v) is 20.3. The molecule has 4 aromatic rings. The van der Waals surface area contributed by atoms with E-state index in [0.717, 1.165) is 33.8 Å².